The predicted molar refractivity (Wildman–Crippen MR) is 60.1 cm³/mol. The lowest BCUT2D eigenvalue weighted by atomic mass is 9.77. The van der Waals surface area contributed by atoms with Crippen LogP contribution in [-0.4, -0.2) is 18.7 Å². The molecule has 8 heteroatoms. The zero-order valence-corrected chi connectivity index (χ0v) is 10.9. The van der Waals surface area contributed by atoms with Gasteiger partial charge in [0.05, 0.1) is 13.5 Å². The average Bonchev–Trinajstić information content (AvgIpc) is 2.44. The zero-order chi connectivity index (χ0) is 15.8. The van der Waals surface area contributed by atoms with Crippen LogP contribution in [0, 0.1) is 29.1 Å². The second-order valence-corrected chi connectivity index (χ2v) is 4.79. The van der Waals surface area contributed by atoms with Crippen molar-refractivity contribution in [2.24, 2.45) is 0 Å². The van der Waals surface area contributed by atoms with Gasteiger partial charge in [-0.15, -0.1) is 0 Å². The van der Waals surface area contributed by atoms with Crippen molar-refractivity contribution in [1.82, 2.24) is 0 Å². The van der Waals surface area contributed by atoms with Crippen LogP contribution in [0.15, 0.2) is 0 Å². The predicted octanol–water partition coefficient (Wildman–Crippen LogP) is 3.25. The van der Waals surface area contributed by atoms with Gasteiger partial charge in [0, 0.05) is 0 Å². The molecule has 21 heavy (non-hydrogen) atoms. The number of benzene rings is 1. The fourth-order valence-corrected chi connectivity index (χ4v) is 2.11. The van der Waals surface area contributed by atoms with E-state index in [-0.39, 0.29) is 19.3 Å². The maximum Gasteiger partial charge on any atom is 0.309 e. The number of hydrogen-bond donors (Lipinski definition) is 0. The third kappa shape index (κ3) is 2.66. The van der Waals surface area contributed by atoms with E-state index in [4.69, 9.17) is 4.74 Å². The fourth-order valence-electron chi connectivity index (χ4n) is 2.11. The molecule has 0 atom stereocenters. The number of hydrogen-bond acceptors (Lipinski definition) is 3. The molecule has 0 unspecified atom stereocenters. The Morgan fingerprint density at radius 1 is 1.00 bits per heavy atom. The molecule has 2 rings (SSSR count). The summed E-state index contributed by atoms with van der Waals surface area (Å²) in [4.78, 5) is 11.3. The molecule has 0 radical (unpaired) electrons. The first-order chi connectivity index (χ1) is 9.81. The van der Waals surface area contributed by atoms with Crippen molar-refractivity contribution in [3.8, 4) is 5.75 Å². The van der Waals surface area contributed by atoms with Gasteiger partial charge in [0.25, 0.3) is 0 Å². The van der Waals surface area contributed by atoms with Gasteiger partial charge in [-0.2, -0.15) is 8.78 Å². The van der Waals surface area contributed by atoms with Crippen LogP contribution >= 0.6 is 0 Å². The van der Waals surface area contributed by atoms with Gasteiger partial charge >= 0.3 is 5.97 Å². The summed E-state index contributed by atoms with van der Waals surface area (Å²) >= 11 is 0. The van der Waals surface area contributed by atoms with Gasteiger partial charge in [-0.05, 0) is 19.3 Å². The second-order valence-electron chi connectivity index (χ2n) is 4.79. The van der Waals surface area contributed by atoms with Gasteiger partial charge in [0.15, 0.2) is 5.75 Å². The molecule has 0 aliphatic heterocycles. The monoisotopic (exact) mass is 310 g/mol. The van der Waals surface area contributed by atoms with E-state index in [2.05, 4.69) is 4.74 Å². The van der Waals surface area contributed by atoms with Gasteiger partial charge in [0.2, 0.25) is 29.1 Å². The highest BCUT2D eigenvalue weighted by Crippen LogP contribution is 2.42. The third-order valence-corrected chi connectivity index (χ3v) is 3.45. The SMILES string of the molecule is COC(=O)CC1(Oc2c(F)c(F)c(F)c(F)c2F)CCC1. The summed E-state index contributed by atoms with van der Waals surface area (Å²) in [6, 6.07) is 0. The highest BCUT2D eigenvalue weighted by Gasteiger charge is 2.44. The number of ether oxygens (including phenoxy) is 2. The Bertz CT molecular complexity index is 555. The third-order valence-electron chi connectivity index (χ3n) is 3.45. The van der Waals surface area contributed by atoms with Crippen LogP contribution in [0.5, 0.6) is 5.75 Å². The van der Waals surface area contributed by atoms with E-state index in [0.29, 0.717) is 6.42 Å². The van der Waals surface area contributed by atoms with E-state index in [9.17, 15) is 26.7 Å². The van der Waals surface area contributed by atoms with Gasteiger partial charge in [-0.3, -0.25) is 4.79 Å². The van der Waals surface area contributed by atoms with Crippen molar-refractivity contribution < 1.29 is 36.2 Å². The number of rotatable bonds is 4. The van der Waals surface area contributed by atoms with Crippen LogP contribution < -0.4 is 4.74 Å². The van der Waals surface area contributed by atoms with Crippen molar-refractivity contribution in [1.29, 1.82) is 0 Å². The number of carbonyl (C=O) groups excluding carboxylic acids is 1. The summed E-state index contributed by atoms with van der Waals surface area (Å²) in [6.45, 7) is 0. The van der Waals surface area contributed by atoms with Crippen molar-refractivity contribution in [3.05, 3.63) is 29.1 Å². The van der Waals surface area contributed by atoms with Crippen molar-refractivity contribution >= 4 is 5.97 Å². The van der Waals surface area contributed by atoms with Gasteiger partial charge in [-0.1, -0.05) is 0 Å². The summed E-state index contributed by atoms with van der Waals surface area (Å²) in [6.07, 6.45) is 0.776. The lowest BCUT2D eigenvalue weighted by Crippen LogP contribution is -2.45. The Balaban J connectivity index is 2.37. The molecule has 1 aromatic carbocycles. The highest BCUT2D eigenvalue weighted by molar-refractivity contribution is 5.70. The molecule has 0 amide bonds. The standard InChI is InChI=1S/C13H11F5O3/c1-20-6(19)5-13(3-2-4-13)21-12-10(17)8(15)7(14)9(16)11(12)18/h2-5H2,1H3. The molecule has 0 saturated heterocycles. The van der Waals surface area contributed by atoms with Gasteiger partial charge in [-0.25, -0.2) is 13.2 Å². The first-order valence-corrected chi connectivity index (χ1v) is 6.08. The minimum atomic E-state index is -2.26. The van der Waals surface area contributed by atoms with Crippen molar-refractivity contribution in [2.45, 2.75) is 31.3 Å². The maximum atomic E-state index is 13.6. The summed E-state index contributed by atoms with van der Waals surface area (Å²) in [5.74, 6) is -12.6. The van der Waals surface area contributed by atoms with Crippen LogP contribution in [0.25, 0.3) is 0 Å². The Labute approximate surface area is 116 Å². The summed E-state index contributed by atoms with van der Waals surface area (Å²) in [7, 11) is 1.12. The molecule has 1 fully saturated rings. The summed E-state index contributed by atoms with van der Waals surface area (Å²) < 4.78 is 75.6. The minimum absolute atomic E-state index is 0.252. The topological polar surface area (TPSA) is 35.5 Å². The molecule has 0 spiro atoms. The molecular weight excluding hydrogens is 299 g/mol. The zero-order valence-electron chi connectivity index (χ0n) is 10.9. The molecule has 1 aliphatic rings. The van der Waals surface area contributed by atoms with Crippen LogP contribution in [0.3, 0.4) is 0 Å². The molecule has 0 bridgehead atoms. The largest absolute Gasteiger partial charge is 0.480 e. The molecule has 0 heterocycles. The van der Waals surface area contributed by atoms with Crippen molar-refractivity contribution in [3.63, 3.8) is 0 Å². The Kier molecular flexibility index (Phi) is 4.06. The molecule has 1 saturated carbocycles. The quantitative estimate of drug-likeness (QED) is 0.371. The normalized spacial score (nSPS) is 16.3. The number of esters is 1. The number of halogens is 5. The molecular formula is C13H11F5O3. The highest BCUT2D eigenvalue weighted by atomic mass is 19.2. The first-order valence-electron chi connectivity index (χ1n) is 6.08. The molecule has 1 aliphatic carbocycles. The van der Waals surface area contributed by atoms with Crippen LogP contribution in [0.1, 0.15) is 25.7 Å². The summed E-state index contributed by atoms with van der Waals surface area (Å²) in [5, 5.41) is 0. The van der Waals surface area contributed by atoms with E-state index >= 15 is 0 Å². The van der Waals surface area contributed by atoms with E-state index in [1.807, 2.05) is 0 Å². The first kappa shape index (κ1) is 15.5. The van der Waals surface area contributed by atoms with Crippen LogP contribution in [0.4, 0.5) is 22.0 Å². The van der Waals surface area contributed by atoms with E-state index < -0.39 is 46.4 Å². The summed E-state index contributed by atoms with van der Waals surface area (Å²) in [5.41, 5.74) is -1.30. The average molecular weight is 310 g/mol. The van der Waals surface area contributed by atoms with E-state index in [0.717, 1.165) is 7.11 Å². The lowest BCUT2D eigenvalue weighted by molar-refractivity contribution is -0.148. The van der Waals surface area contributed by atoms with Crippen LogP contribution in [0.2, 0.25) is 0 Å². The van der Waals surface area contributed by atoms with E-state index in [1.165, 1.54) is 0 Å². The van der Waals surface area contributed by atoms with Gasteiger partial charge < -0.3 is 9.47 Å². The fraction of sp³-hybridized carbons (Fsp3) is 0.462. The minimum Gasteiger partial charge on any atom is -0.480 e. The Hall–Kier alpha value is -1.86. The second kappa shape index (κ2) is 5.50. The maximum absolute atomic E-state index is 13.6. The molecule has 116 valence electrons. The molecule has 0 aromatic heterocycles. The van der Waals surface area contributed by atoms with Gasteiger partial charge in [0.1, 0.15) is 5.60 Å². The van der Waals surface area contributed by atoms with E-state index in [1.54, 1.807) is 0 Å². The van der Waals surface area contributed by atoms with Crippen molar-refractivity contribution in [2.75, 3.05) is 7.11 Å². The molecule has 3 nitrogen and oxygen atoms in total. The molecule has 1 aromatic rings. The Morgan fingerprint density at radius 3 is 1.86 bits per heavy atom. The molecule has 0 N–H and O–H groups in total. The van der Waals surface area contributed by atoms with Crippen LogP contribution in [-0.2, 0) is 9.53 Å². The smallest absolute Gasteiger partial charge is 0.309 e. The number of methoxy groups -OCH3 is 1. The number of carbonyl (C=O) groups is 1. The Morgan fingerprint density at radius 2 is 1.48 bits per heavy atom. The lowest BCUT2D eigenvalue weighted by Gasteiger charge is -2.41.